The highest BCUT2D eigenvalue weighted by molar-refractivity contribution is 6.01. The third kappa shape index (κ3) is 4.19. The average molecular weight is 424 g/mol. The lowest BCUT2D eigenvalue weighted by Crippen LogP contribution is -2.63. The zero-order chi connectivity index (χ0) is 22.0. The monoisotopic (exact) mass is 423 g/mol. The summed E-state index contributed by atoms with van der Waals surface area (Å²) in [7, 11) is 1.63. The number of nitrogens with zero attached hydrogens (tertiary/aromatic N) is 3. The molecule has 1 fully saturated rings. The first-order valence-electron chi connectivity index (χ1n) is 10.9. The van der Waals surface area contributed by atoms with Crippen molar-refractivity contribution in [2.24, 2.45) is 0 Å². The average Bonchev–Trinajstić information content (AvgIpc) is 3.43. The molecule has 2 aliphatic rings. The smallest absolute Gasteiger partial charge is 0.272 e. The number of carbonyl (C=O) groups is 3. The number of benzene rings is 1. The molecule has 0 saturated heterocycles. The zero-order valence-electron chi connectivity index (χ0n) is 18.1. The van der Waals surface area contributed by atoms with Gasteiger partial charge in [-0.05, 0) is 31.7 Å². The Hall–Kier alpha value is -3.16. The number of nitrogens with one attached hydrogen (secondary N) is 2. The van der Waals surface area contributed by atoms with Gasteiger partial charge in [0, 0.05) is 25.7 Å². The molecule has 1 aromatic carbocycles. The number of hydrogen-bond acceptors (Lipinski definition) is 4. The number of aromatic nitrogens is 2. The number of amides is 3. The van der Waals surface area contributed by atoms with Crippen molar-refractivity contribution in [3.8, 4) is 0 Å². The van der Waals surface area contributed by atoms with E-state index in [4.69, 9.17) is 0 Å². The molecule has 4 rings (SSSR count). The summed E-state index contributed by atoms with van der Waals surface area (Å²) >= 11 is 0. The van der Waals surface area contributed by atoms with Crippen molar-refractivity contribution in [1.29, 1.82) is 0 Å². The fourth-order valence-electron chi connectivity index (χ4n) is 4.30. The van der Waals surface area contributed by atoms with Crippen molar-refractivity contribution in [2.45, 2.75) is 57.2 Å². The van der Waals surface area contributed by atoms with Crippen molar-refractivity contribution < 1.29 is 14.4 Å². The number of fused-ring (bicyclic) bond motifs is 1. The molecule has 8 nitrogen and oxygen atoms in total. The highest BCUT2D eigenvalue weighted by atomic mass is 16.2. The number of likely N-dealkylation sites (N-methyl/N-ethyl adjacent to an activating group) is 1. The number of hydrogen-bond donors (Lipinski definition) is 2. The Morgan fingerprint density at radius 1 is 1.19 bits per heavy atom. The van der Waals surface area contributed by atoms with Crippen molar-refractivity contribution >= 4 is 17.7 Å². The first-order chi connectivity index (χ1) is 14.9. The van der Waals surface area contributed by atoms with E-state index >= 15 is 0 Å². The quantitative estimate of drug-likeness (QED) is 0.740. The molecule has 1 aliphatic carbocycles. The standard InChI is InChI=1S/C23H29N5O3/c1-23(22(31)25-17-10-6-7-11-17)15-28-19(21(30)27(23)2)14-18(26-28)20(29)24-13-12-16-8-4-3-5-9-16/h3-5,8-9,14,17H,6-7,10-13,15H2,1-2H3,(H,24,29)(H,25,31)/t23-/m0/s1. The highest BCUT2D eigenvalue weighted by Gasteiger charge is 2.46. The molecule has 0 spiro atoms. The Labute approximate surface area is 182 Å². The Balaban J connectivity index is 1.44. The van der Waals surface area contributed by atoms with Crippen LogP contribution in [0.4, 0.5) is 0 Å². The van der Waals surface area contributed by atoms with Crippen molar-refractivity contribution in [1.82, 2.24) is 25.3 Å². The van der Waals surface area contributed by atoms with Gasteiger partial charge in [-0.3, -0.25) is 19.1 Å². The minimum Gasteiger partial charge on any atom is -0.351 e. The van der Waals surface area contributed by atoms with Crippen molar-refractivity contribution in [3.05, 3.63) is 53.3 Å². The van der Waals surface area contributed by atoms with Gasteiger partial charge in [0.15, 0.2) is 5.69 Å². The molecule has 2 N–H and O–H groups in total. The molecule has 8 heteroatoms. The fourth-order valence-corrected chi connectivity index (χ4v) is 4.30. The molecule has 2 heterocycles. The van der Waals surface area contributed by atoms with Crippen LogP contribution in [0.5, 0.6) is 0 Å². The second-order valence-corrected chi connectivity index (χ2v) is 8.66. The van der Waals surface area contributed by atoms with E-state index in [9.17, 15) is 14.4 Å². The van der Waals surface area contributed by atoms with Gasteiger partial charge >= 0.3 is 0 Å². The maximum atomic E-state index is 13.0. The van der Waals surface area contributed by atoms with Crippen LogP contribution >= 0.6 is 0 Å². The molecule has 3 amide bonds. The second kappa shape index (κ2) is 8.53. The lowest BCUT2D eigenvalue weighted by molar-refractivity contribution is -0.133. The molecule has 164 valence electrons. The van der Waals surface area contributed by atoms with Gasteiger partial charge in [0.05, 0.1) is 6.54 Å². The number of carbonyl (C=O) groups excluding carboxylic acids is 3. The minimum absolute atomic E-state index is 0.165. The van der Waals surface area contributed by atoms with E-state index in [1.165, 1.54) is 15.6 Å². The van der Waals surface area contributed by atoms with Gasteiger partial charge in [0.2, 0.25) is 5.91 Å². The fraction of sp³-hybridized carbons (Fsp3) is 0.478. The molecule has 1 aliphatic heterocycles. The van der Waals surface area contributed by atoms with E-state index in [0.29, 0.717) is 18.7 Å². The van der Waals surface area contributed by atoms with Crippen molar-refractivity contribution in [3.63, 3.8) is 0 Å². The molecule has 1 saturated carbocycles. The molecule has 1 atom stereocenters. The number of rotatable bonds is 6. The van der Waals surface area contributed by atoms with Crippen LogP contribution in [0, 0.1) is 0 Å². The summed E-state index contributed by atoms with van der Waals surface area (Å²) < 4.78 is 1.49. The summed E-state index contributed by atoms with van der Waals surface area (Å²) in [6, 6.07) is 11.6. The lowest BCUT2D eigenvalue weighted by Gasteiger charge is -2.41. The van der Waals surface area contributed by atoms with E-state index in [1.54, 1.807) is 14.0 Å². The van der Waals surface area contributed by atoms with Gasteiger partial charge in [-0.15, -0.1) is 0 Å². The second-order valence-electron chi connectivity index (χ2n) is 8.66. The largest absolute Gasteiger partial charge is 0.351 e. The van der Waals surface area contributed by atoms with E-state index < -0.39 is 5.54 Å². The van der Waals surface area contributed by atoms with E-state index in [0.717, 1.165) is 31.2 Å². The third-order valence-electron chi connectivity index (χ3n) is 6.46. The molecule has 0 bridgehead atoms. The Kier molecular flexibility index (Phi) is 5.80. The Morgan fingerprint density at radius 3 is 2.61 bits per heavy atom. The topological polar surface area (TPSA) is 96.3 Å². The molecule has 0 radical (unpaired) electrons. The van der Waals surface area contributed by atoms with Crippen molar-refractivity contribution in [2.75, 3.05) is 13.6 Å². The molecule has 1 aromatic heterocycles. The first kappa shape index (κ1) is 21.1. The predicted octanol–water partition coefficient (Wildman–Crippen LogP) is 1.76. The molecule has 31 heavy (non-hydrogen) atoms. The Morgan fingerprint density at radius 2 is 1.90 bits per heavy atom. The van der Waals surface area contributed by atoms with Gasteiger partial charge in [-0.1, -0.05) is 43.2 Å². The van der Waals surface area contributed by atoms with Crippen LogP contribution in [0.2, 0.25) is 0 Å². The lowest BCUT2D eigenvalue weighted by atomic mass is 9.95. The Bertz CT molecular complexity index is 980. The van der Waals surface area contributed by atoms with Crippen LogP contribution in [-0.2, 0) is 17.8 Å². The van der Waals surface area contributed by atoms with Gasteiger partial charge in [-0.2, -0.15) is 5.10 Å². The predicted molar refractivity (Wildman–Crippen MR) is 116 cm³/mol. The first-order valence-corrected chi connectivity index (χ1v) is 10.9. The van der Waals surface area contributed by atoms with E-state index in [2.05, 4.69) is 15.7 Å². The summed E-state index contributed by atoms with van der Waals surface area (Å²) in [5, 5.41) is 10.3. The van der Waals surface area contributed by atoms with Crippen LogP contribution < -0.4 is 10.6 Å². The van der Waals surface area contributed by atoms with Crippen LogP contribution in [0.25, 0.3) is 0 Å². The highest BCUT2D eigenvalue weighted by Crippen LogP contribution is 2.27. The van der Waals surface area contributed by atoms with Gasteiger partial charge in [-0.25, -0.2) is 0 Å². The van der Waals surface area contributed by atoms with Crippen LogP contribution in [-0.4, -0.2) is 57.6 Å². The maximum Gasteiger partial charge on any atom is 0.272 e. The molecular weight excluding hydrogens is 394 g/mol. The summed E-state index contributed by atoms with van der Waals surface area (Å²) in [4.78, 5) is 40.0. The SMILES string of the molecule is CN1C(=O)c2cc(C(=O)NCCc3ccccc3)nn2C[C@@]1(C)C(=O)NC1CCCC1. The van der Waals surface area contributed by atoms with Crippen LogP contribution in [0.15, 0.2) is 36.4 Å². The maximum absolute atomic E-state index is 13.0. The summed E-state index contributed by atoms with van der Waals surface area (Å²) in [6.45, 7) is 2.43. The van der Waals surface area contributed by atoms with Crippen LogP contribution in [0.3, 0.4) is 0 Å². The van der Waals surface area contributed by atoms with Gasteiger partial charge in [0.1, 0.15) is 11.2 Å². The zero-order valence-corrected chi connectivity index (χ0v) is 18.1. The summed E-state index contributed by atoms with van der Waals surface area (Å²) in [5.41, 5.74) is 0.583. The third-order valence-corrected chi connectivity index (χ3v) is 6.46. The molecule has 2 aromatic rings. The summed E-state index contributed by atoms with van der Waals surface area (Å²) in [6.07, 6.45) is 4.88. The normalized spacial score (nSPS) is 21.1. The van der Waals surface area contributed by atoms with Gasteiger partial charge in [0.25, 0.3) is 11.8 Å². The van der Waals surface area contributed by atoms with E-state index in [-0.39, 0.29) is 36.0 Å². The molecular formula is C23H29N5O3. The van der Waals surface area contributed by atoms with Crippen LogP contribution in [0.1, 0.15) is 59.1 Å². The molecule has 0 unspecified atom stereocenters. The van der Waals surface area contributed by atoms with Gasteiger partial charge < -0.3 is 15.5 Å². The minimum atomic E-state index is -1.06. The van der Waals surface area contributed by atoms with E-state index in [1.807, 2.05) is 30.3 Å². The summed E-state index contributed by atoms with van der Waals surface area (Å²) in [5.74, 6) is -0.818.